The van der Waals surface area contributed by atoms with Crippen molar-refractivity contribution in [3.8, 4) is 0 Å². The number of hydrogen-bond donors (Lipinski definition) is 1. The summed E-state index contributed by atoms with van der Waals surface area (Å²) < 4.78 is 5.36. The van der Waals surface area contributed by atoms with Crippen LogP contribution in [0.25, 0.3) is 0 Å². The molecule has 0 saturated carbocycles. The number of nitrogens with zero attached hydrogens (tertiary/aromatic N) is 4. The molecule has 0 radical (unpaired) electrons. The first-order valence-electron chi connectivity index (χ1n) is 7.27. The number of anilines is 1. The van der Waals surface area contributed by atoms with E-state index in [1.807, 2.05) is 24.4 Å². The molecule has 3 rings (SSSR count). The van der Waals surface area contributed by atoms with Crippen LogP contribution in [0.2, 0.25) is 5.28 Å². The predicted molar refractivity (Wildman–Crippen MR) is 84.9 cm³/mol. The molecule has 2 aromatic heterocycles. The molecule has 1 fully saturated rings. The summed E-state index contributed by atoms with van der Waals surface area (Å²) in [5.41, 5.74) is 2.02. The van der Waals surface area contributed by atoms with Crippen LogP contribution in [-0.2, 0) is 17.8 Å². The zero-order valence-corrected chi connectivity index (χ0v) is 13.0. The second-order valence-corrected chi connectivity index (χ2v) is 5.39. The van der Waals surface area contributed by atoms with Gasteiger partial charge >= 0.3 is 0 Å². The molecule has 1 saturated heterocycles. The number of hydrogen-bond acceptors (Lipinski definition) is 6. The van der Waals surface area contributed by atoms with Crippen molar-refractivity contribution in [3.63, 3.8) is 0 Å². The fourth-order valence-corrected chi connectivity index (χ4v) is 2.53. The highest BCUT2D eigenvalue weighted by Gasteiger charge is 2.14. The molecule has 6 nitrogen and oxygen atoms in total. The second kappa shape index (κ2) is 7.49. The Morgan fingerprint density at radius 1 is 1.23 bits per heavy atom. The Morgan fingerprint density at radius 3 is 2.86 bits per heavy atom. The molecule has 1 aliphatic rings. The van der Waals surface area contributed by atoms with E-state index in [4.69, 9.17) is 16.3 Å². The molecule has 0 aromatic carbocycles. The van der Waals surface area contributed by atoms with E-state index < -0.39 is 0 Å². The maximum atomic E-state index is 6.05. The minimum Gasteiger partial charge on any atom is -0.378 e. The van der Waals surface area contributed by atoms with E-state index in [1.165, 1.54) is 0 Å². The van der Waals surface area contributed by atoms with Crippen LogP contribution in [0.3, 0.4) is 0 Å². The van der Waals surface area contributed by atoms with Crippen LogP contribution in [0.4, 0.5) is 5.82 Å². The highest BCUT2D eigenvalue weighted by atomic mass is 35.5. The van der Waals surface area contributed by atoms with Crippen LogP contribution in [0, 0.1) is 0 Å². The fourth-order valence-electron chi connectivity index (χ4n) is 2.33. The predicted octanol–water partition coefficient (Wildman–Crippen LogP) is 1.65. The van der Waals surface area contributed by atoms with Crippen molar-refractivity contribution in [2.45, 2.75) is 13.1 Å². The van der Waals surface area contributed by atoms with Crippen molar-refractivity contribution >= 4 is 17.4 Å². The SMILES string of the molecule is Clc1nc(CNCc2cccnc2)cc(N2CCOCC2)n1. The van der Waals surface area contributed by atoms with Crippen LogP contribution >= 0.6 is 11.6 Å². The molecule has 0 atom stereocenters. The van der Waals surface area contributed by atoms with Gasteiger partial charge in [0.15, 0.2) is 0 Å². The van der Waals surface area contributed by atoms with Gasteiger partial charge in [-0.2, -0.15) is 0 Å². The van der Waals surface area contributed by atoms with Crippen molar-refractivity contribution in [1.82, 2.24) is 20.3 Å². The van der Waals surface area contributed by atoms with Crippen LogP contribution in [0.1, 0.15) is 11.3 Å². The molecule has 0 unspecified atom stereocenters. The molecule has 0 amide bonds. The van der Waals surface area contributed by atoms with Gasteiger partial charge in [0.2, 0.25) is 5.28 Å². The number of pyridine rings is 1. The molecular weight excluding hydrogens is 302 g/mol. The van der Waals surface area contributed by atoms with E-state index >= 15 is 0 Å². The van der Waals surface area contributed by atoms with Crippen LogP contribution in [0.5, 0.6) is 0 Å². The molecule has 0 aliphatic carbocycles. The lowest BCUT2D eigenvalue weighted by molar-refractivity contribution is 0.122. The fraction of sp³-hybridized carbons (Fsp3) is 0.400. The summed E-state index contributed by atoms with van der Waals surface area (Å²) in [5, 5.41) is 3.62. The summed E-state index contributed by atoms with van der Waals surface area (Å²) in [6.07, 6.45) is 3.61. The summed E-state index contributed by atoms with van der Waals surface area (Å²) in [6, 6.07) is 5.94. The summed E-state index contributed by atoms with van der Waals surface area (Å²) in [6.45, 7) is 4.47. The van der Waals surface area contributed by atoms with Gasteiger partial charge in [0.05, 0.1) is 18.9 Å². The van der Waals surface area contributed by atoms with Gasteiger partial charge in [-0.05, 0) is 23.2 Å². The third-order valence-electron chi connectivity index (χ3n) is 3.43. The number of morpholine rings is 1. The summed E-state index contributed by atoms with van der Waals surface area (Å²) >= 11 is 6.05. The van der Waals surface area contributed by atoms with E-state index in [0.717, 1.165) is 49.9 Å². The standard InChI is InChI=1S/C15H18ClN5O/c16-15-19-13(11-18-10-12-2-1-3-17-9-12)8-14(20-15)21-4-6-22-7-5-21/h1-3,8-9,18H,4-7,10-11H2. The molecule has 0 spiro atoms. The van der Waals surface area contributed by atoms with E-state index in [1.54, 1.807) is 6.20 Å². The zero-order valence-electron chi connectivity index (χ0n) is 12.2. The number of ether oxygens (including phenoxy) is 1. The van der Waals surface area contributed by atoms with Crippen molar-refractivity contribution in [3.05, 3.63) is 47.1 Å². The summed E-state index contributed by atoms with van der Waals surface area (Å²) in [7, 11) is 0. The molecule has 7 heteroatoms. The first kappa shape index (κ1) is 15.1. The lowest BCUT2D eigenvalue weighted by Crippen LogP contribution is -2.37. The van der Waals surface area contributed by atoms with E-state index in [-0.39, 0.29) is 5.28 Å². The van der Waals surface area contributed by atoms with Crippen molar-refractivity contribution < 1.29 is 4.74 Å². The van der Waals surface area contributed by atoms with Crippen LogP contribution in [-0.4, -0.2) is 41.3 Å². The van der Waals surface area contributed by atoms with E-state index in [9.17, 15) is 0 Å². The van der Waals surface area contributed by atoms with Crippen LogP contribution in [0.15, 0.2) is 30.6 Å². The van der Waals surface area contributed by atoms with Crippen molar-refractivity contribution in [1.29, 1.82) is 0 Å². The number of aromatic nitrogens is 3. The lowest BCUT2D eigenvalue weighted by Gasteiger charge is -2.28. The highest BCUT2D eigenvalue weighted by molar-refractivity contribution is 6.28. The average Bonchev–Trinajstić information content (AvgIpc) is 2.56. The lowest BCUT2D eigenvalue weighted by atomic mass is 10.3. The third-order valence-corrected chi connectivity index (χ3v) is 3.60. The highest BCUT2D eigenvalue weighted by Crippen LogP contribution is 2.16. The molecule has 1 N–H and O–H groups in total. The molecule has 1 aliphatic heterocycles. The maximum absolute atomic E-state index is 6.05. The largest absolute Gasteiger partial charge is 0.378 e. The Bertz CT molecular complexity index is 604. The quantitative estimate of drug-likeness (QED) is 0.846. The molecular formula is C15H18ClN5O. The Morgan fingerprint density at radius 2 is 2.09 bits per heavy atom. The average molecular weight is 320 g/mol. The zero-order chi connectivity index (χ0) is 15.2. The van der Waals surface area contributed by atoms with Gasteiger partial charge in [-0.3, -0.25) is 4.98 Å². The molecule has 0 bridgehead atoms. The minimum atomic E-state index is 0.280. The van der Waals surface area contributed by atoms with Crippen LogP contribution < -0.4 is 10.2 Å². The Labute approximate surface area is 134 Å². The van der Waals surface area contributed by atoms with Crippen molar-refractivity contribution in [2.75, 3.05) is 31.2 Å². The Balaban J connectivity index is 1.62. The molecule has 2 aromatic rings. The third kappa shape index (κ3) is 4.13. The monoisotopic (exact) mass is 319 g/mol. The normalized spacial score (nSPS) is 15.0. The first-order chi connectivity index (χ1) is 10.8. The molecule has 116 valence electrons. The topological polar surface area (TPSA) is 63.2 Å². The van der Waals surface area contributed by atoms with E-state index in [2.05, 4.69) is 25.2 Å². The number of halogens is 1. The number of rotatable bonds is 5. The Kier molecular flexibility index (Phi) is 5.15. The Hall–Kier alpha value is -1.76. The van der Waals surface area contributed by atoms with Gasteiger partial charge in [-0.25, -0.2) is 9.97 Å². The van der Waals surface area contributed by atoms with Gasteiger partial charge in [-0.1, -0.05) is 6.07 Å². The van der Waals surface area contributed by atoms with Crippen molar-refractivity contribution in [2.24, 2.45) is 0 Å². The summed E-state index contributed by atoms with van der Waals surface area (Å²) in [5.74, 6) is 0.862. The van der Waals surface area contributed by atoms with Gasteiger partial charge in [0, 0.05) is 44.6 Å². The first-order valence-corrected chi connectivity index (χ1v) is 7.65. The molecule has 22 heavy (non-hydrogen) atoms. The van der Waals surface area contributed by atoms with E-state index in [0.29, 0.717) is 6.54 Å². The maximum Gasteiger partial charge on any atom is 0.224 e. The smallest absolute Gasteiger partial charge is 0.224 e. The summed E-state index contributed by atoms with van der Waals surface area (Å²) in [4.78, 5) is 14.9. The molecule has 3 heterocycles. The van der Waals surface area contributed by atoms with Gasteiger partial charge in [0.25, 0.3) is 0 Å². The van der Waals surface area contributed by atoms with Gasteiger partial charge in [-0.15, -0.1) is 0 Å². The second-order valence-electron chi connectivity index (χ2n) is 5.05. The van der Waals surface area contributed by atoms with Gasteiger partial charge < -0.3 is 15.0 Å². The minimum absolute atomic E-state index is 0.280. The number of nitrogens with one attached hydrogen (secondary N) is 1. The van der Waals surface area contributed by atoms with Gasteiger partial charge in [0.1, 0.15) is 5.82 Å².